The van der Waals surface area contributed by atoms with E-state index in [9.17, 15) is 4.79 Å². The molecule has 3 heterocycles. The van der Waals surface area contributed by atoms with Crippen LogP contribution in [0.15, 0.2) is 59.3 Å². The summed E-state index contributed by atoms with van der Waals surface area (Å²) in [5, 5.41) is 18.8. The third-order valence-electron chi connectivity index (χ3n) is 4.88. The van der Waals surface area contributed by atoms with E-state index >= 15 is 0 Å². The van der Waals surface area contributed by atoms with E-state index in [1.807, 2.05) is 53.4 Å². The van der Waals surface area contributed by atoms with Crippen molar-refractivity contribution in [3.8, 4) is 5.69 Å². The molecule has 0 aliphatic heterocycles. The van der Waals surface area contributed by atoms with Gasteiger partial charge >= 0.3 is 0 Å². The Balaban J connectivity index is 1.31. The van der Waals surface area contributed by atoms with E-state index in [-0.39, 0.29) is 5.91 Å². The zero-order valence-electron chi connectivity index (χ0n) is 17.5. The summed E-state index contributed by atoms with van der Waals surface area (Å²) in [4.78, 5) is 13.9. The van der Waals surface area contributed by atoms with Gasteiger partial charge < -0.3 is 9.88 Å². The normalized spacial score (nSPS) is 11.0. The number of aryl methyl sites for hydroxylation is 3. The number of nitrogens with zero attached hydrogens (tertiary/aromatic N) is 5. The molecule has 7 nitrogen and oxygen atoms in total. The highest BCUT2D eigenvalue weighted by Crippen LogP contribution is 2.23. The van der Waals surface area contributed by atoms with E-state index in [4.69, 9.17) is 0 Å². The molecular weight excluding hydrogens is 428 g/mol. The second kappa shape index (κ2) is 9.93. The molecule has 0 saturated carbocycles. The molecule has 0 aliphatic carbocycles. The number of thioether (sulfide) groups is 1. The molecule has 0 unspecified atom stereocenters. The van der Waals surface area contributed by atoms with Gasteiger partial charge in [0.1, 0.15) is 6.33 Å². The van der Waals surface area contributed by atoms with Gasteiger partial charge in [0.2, 0.25) is 5.91 Å². The second-order valence-electron chi connectivity index (χ2n) is 7.08. The van der Waals surface area contributed by atoms with Crippen molar-refractivity contribution >= 4 is 34.7 Å². The molecule has 0 aliphatic rings. The largest absolute Gasteiger partial charge is 0.323 e. The number of rotatable bonds is 9. The lowest BCUT2D eigenvalue weighted by atomic mass is 10.3. The molecule has 0 atom stereocenters. The first-order valence-electron chi connectivity index (χ1n) is 10.1. The van der Waals surface area contributed by atoms with Crippen LogP contribution in [0.1, 0.15) is 22.7 Å². The maximum Gasteiger partial charge on any atom is 0.225 e. The number of amides is 1. The lowest BCUT2D eigenvalue weighted by Crippen LogP contribution is -2.13. The Hall–Kier alpha value is -2.91. The van der Waals surface area contributed by atoms with Crippen molar-refractivity contribution in [2.24, 2.45) is 0 Å². The summed E-state index contributed by atoms with van der Waals surface area (Å²) in [7, 11) is 0. The fourth-order valence-electron chi connectivity index (χ4n) is 3.28. The average molecular weight is 453 g/mol. The van der Waals surface area contributed by atoms with Crippen LogP contribution in [0.4, 0.5) is 5.69 Å². The molecule has 0 saturated heterocycles. The minimum absolute atomic E-state index is 0.0315. The molecule has 4 aromatic rings. The van der Waals surface area contributed by atoms with Crippen molar-refractivity contribution in [2.75, 3.05) is 11.1 Å². The Labute approximate surface area is 189 Å². The van der Waals surface area contributed by atoms with Crippen LogP contribution in [0.2, 0.25) is 0 Å². The van der Waals surface area contributed by atoms with Gasteiger partial charge in [0.25, 0.3) is 0 Å². The van der Waals surface area contributed by atoms with Crippen LogP contribution in [0, 0.1) is 13.8 Å². The summed E-state index contributed by atoms with van der Waals surface area (Å²) in [5.41, 5.74) is 3.47. The molecule has 1 N–H and O–H groups in total. The van der Waals surface area contributed by atoms with E-state index in [0.717, 1.165) is 40.9 Å². The molecule has 0 bridgehead atoms. The number of carbonyl (C=O) groups excluding carboxylic acids is 1. The Kier molecular flexibility index (Phi) is 6.83. The van der Waals surface area contributed by atoms with Crippen LogP contribution in [0.25, 0.3) is 5.69 Å². The second-order valence-corrected chi connectivity index (χ2v) is 9.17. The molecule has 1 aromatic carbocycles. The van der Waals surface area contributed by atoms with Gasteiger partial charge in [0, 0.05) is 23.6 Å². The predicted molar refractivity (Wildman–Crippen MR) is 125 cm³/mol. The minimum atomic E-state index is -0.0315. The van der Waals surface area contributed by atoms with Crippen molar-refractivity contribution in [1.29, 1.82) is 0 Å². The summed E-state index contributed by atoms with van der Waals surface area (Å²) in [6.07, 6.45) is 3.09. The monoisotopic (exact) mass is 452 g/mol. The fraction of sp³-hybridized carbons (Fsp3) is 0.273. The lowest BCUT2D eigenvalue weighted by molar-refractivity contribution is -0.115. The third-order valence-corrected chi connectivity index (χ3v) is 6.79. The van der Waals surface area contributed by atoms with Gasteiger partial charge in [0.15, 0.2) is 5.16 Å². The van der Waals surface area contributed by atoms with Crippen molar-refractivity contribution in [2.45, 2.75) is 38.4 Å². The van der Waals surface area contributed by atoms with E-state index in [2.05, 4.69) is 38.1 Å². The zero-order chi connectivity index (χ0) is 21.6. The highest BCUT2D eigenvalue weighted by molar-refractivity contribution is 7.99. The number of anilines is 1. The van der Waals surface area contributed by atoms with E-state index in [1.165, 1.54) is 4.88 Å². The molecule has 0 spiro atoms. The number of aromatic nitrogens is 5. The third kappa shape index (κ3) is 5.23. The maximum absolute atomic E-state index is 12.6. The average Bonchev–Trinajstić information content (AvgIpc) is 3.51. The molecule has 160 valence electrons. The van der Waals surface area contributed by atoms with Crippen LogP contribution >= 0.6 is 23.1 Å². The van der Waals surface area contributed by atoms with Crippen molar-refractivity contribution in [1.82, 2.24) is 24.5 Å². The Morgan fingerprint density at radius 1 is 1.16 bits per heavy atom. The fourth-order valence-corrected chi connectivity index (χ4v) is 4.85. The highest BCUT2D eigenvalue weighted by Gasteiger charge is 2.15. The molecule has 9 heteroatoms. The number of benzene rings is 1. The summed E-state index contributed by atoms with van der Waals surface area (Å²) in [6.45, 7) is 4.71. The van der Waals surface area contributed by atoms with Gasteiger partial charge in [-0.15, -0.1) is 21.5 Å². The van der Waals surface area contributed by atoms with Crippen LogP contribution in [0.5, 0.6) is 0 Å². The minimum Gasteiger partial charge on any atom is -0.323 e. The van der Waals surface area contributed by atoms with E-state index in [0.29, 0.717) is 12.2 Å². The lowest BCUT2D eigenvalue weighted by Gasteiger charge is -2.08. The molecular formula is C22H24N6OS2. The van der Waals surface area contributed by atoms with Gasteiger partial charge in [-0.1, -0.05) is 36.0 Å². The number of thiophene rings is 1. The summed E-state index contributed by atoms with van der Waals surface area (Å²) >= 11 is 3.31. The Morgan fingerprint density at radius 2 is 2.00 bits per heavy atom. The van der Waals surface area contributed by atoms with Crippen molar-refractivity contribution in [3.05, 3.63) is 70.4 Å². The molecule has 3 aromatic heterocycles. The molecule has 0 radical (unpaired) electrons. The van der Waals surface area contributed by atoms with Gasteiger partial charge in [-0.2, -0.15) is 5.10 Å². The van der Waals surface area contributed by atoms with Crippen LogP contribution in [-0.4, -0.2) is 36.2 Å². The van der Waals surface area contributed by atoms with Crippen LogP contribution < -0.4 is 5.32 Å². The quantitative estimate of drug-likeness (QED) is 0.378. The first-order chi connectivity index (χ1) is 15.1. The Morgan fingerprint density at radius 3 is 2.77 bits per heavy atom. The number of hydrogen-bond donors (Lipinski definition) is 1. The topological polar surface area (TPSA) is 77.6 Å². The SMILES string of the molecule is Cc1nn(-c2ccccc2)c(C)c1NC(=O)CCSc1nncn1CCc1cccs1. The van der Waals surface area contributed by atoms with Gasteiger partial charge in [-0.25, -0.2) is 4.68 Å². The van der Waals surface area contributed by atoms with E-state index in [1.54, 1.807) is 29.4 Å². The van der Waals surface area contributed by atoms with Crippen LogP contribution in [-0.2, 0) is 17.8 Å². The standard InChI is InChI=1S/C22H24N6OS2/c1-16-21(17(2)28(26-16)18-7-4-3-5-8-18)24-20(29)11-14-31-22-25-23-15-27(22)12-10-19-9-6-13-30-19/h3-9,13,15H,10-12,14H2,1-2H3,(H,24,29). The number of hydrogen-bond acceptors (Lipinski definition) is 6. The smallest absolute Gasteiger partial charge is 0.225 e. The molecule has 1 amide bonds. The summed E-state index contributed by atoms with van der Waals surface area (Å²) in [6, 6.07) is 14.1. The number of nitrogens with one attached hydrogen (secondary N) is 1. The predicted octanol–water partition coefficient (Wildman–Crippen LogP) is 4.51. The summed E-state index contributed by atoms with van der Waals surface area (Å²) < 4.78 is 3.90. The zero-order valence-corrected chi connectivity index (χ0v) is 19.1. The molecule has 31 heavy (non-hydrogen) atoms. The maximum atomic E-state index is 12.6. The number of carbonyl (C=O) groups is 1. The number of para-hydroxylation sites is 1. The van der Waals surface area contributed by atoms with Gasteiger partial charge in [-0.3, -0.25) is 4.79 Å². The highest BCUT2D eigenvalue weighted by atomic mass is 32.2. The first-order valence-corrected chi connectivity index (χ1v) is 11.9. The first kappa shape index (κ1) is 21.3. The summed E-state index contributed by atoms with van der Waals surface area (Å²) in [5.74, 6) is 0.602. The van der Waals surface area contributed by atoms with E-state index < -0.39 is 0 Å². The molecule has 4 rings (SSSR count). The van der Waals surface area contributed by atoms with Crippen molar-refractivity contribution < 1.29 is 4.79 Å². The van der Waals surface area contributed by atoms with Crippen LogP contribution in [0.3, 0.4) is 0 Å². The molecule has 0 fully saturated rings. The van der Waals surface area contributed by atoms with Gasteiger partial charge in [0.05, 0.1) is 22.8 Å². The van der Waals surface area contributed by atoms with Gasteiger partial charge in [-0.05, 0) is 43.8 Å². The Bertz CT molecular complexity index is 1130. The van der Waals surface area contributed by atoms with Crippen molar-refractivity contribution in [3.63, 3.8) is 0 Å².